The highest BCUT2D eigenvalue weighted by atomic mass is 32.2. The average Bonchev–Trinajstić information content (AvgIpc) is 2.50. The Balaban J connectivity index is 1.97. The minimum Gasteiger partial charge on any atom is -0.421 e. The fourth-order valence-corrected chi connectivity index (χ4v) is 1.93. The fraction of sp³-hybridized carbons (Fsp3) is 0.214. The lowest BCUT2D eigenvalue weighted by Crippen LogP contribution is -2.34. The first-order valence-corrected chi connectivity index (χ1v) is 8.56. The number of carbonyl (C=O) groups excluding carboxylic acids is 1. The van der Waals surface area contributed by atoms with Gasteiger partial charge in [-0.3, -0.25) is 4.79 Å². The van der Waals surface area contributed by atoms with E-state index in [9.17, 15) is 17.6 Å². The SMILES string of the molecule is CN(CC(=O)Nc1cnc(Oc2ccccc2F)nc1)S(C)(=O)=O. The van der Waals surface area contributed by atoms with E-state index in [1.807, 2.05) is 0 Å². The van der Waals surface area contributed by atoms with Crippen LogP contribution in [0.1, 0.15) is 0 Å². The van der Waals surface area contributed by atoms with Crippen molar-refractivity contribution in [2.24, 2.45) is 0 Å². The number of hydrogen-bond acceptors (Lipinski definition) is 6. The molecule has 1 N–H and O–H groups in total. The highest BCUT2D eigenvalue weighted by molar-refractivity contribution is 7.88. The molecule has 0 radical (unpaired) electrons. The summed E-state index contributed by atoms with van der Waals surface area (Å²) in [6, 6.07) is 5.70. The van der Waals surface area contributed by atoms with Crippen molar-refractivity contribution >= 4 is 21.6 Å². The van der Waals surface area contributed by atoms with E-state index < -0.39 is 21.7 Å². The maximum absolute atomic E-state index is 13.5. The number of hydrogen-bond donors (Lipinski definition) is 1. The molecular weight excluding hydrogens is 339 g/mol. The van der Waals surface area contributed by atoms with Gasteiger partial charge in [-0.05, 0) is 12.1 Å². The summed E-state index contributed by atoms with van der Waals surface area (Å²) in [5, 5.41) is 2.45. The van der Waals surface area contributed by atoms with Gasteiger partial charge in [-0.25, -0.2) is 22.8 Å². The molecule has 128 valence electrons. The molecule has 2 aromatic rings. The van der Waals surface area contributed by atoms with Gasteiger partial charge in [0.15, 0.2) is 11.6 Å². The molecular formula is C14H15FN4O4S. The Morgan fingerprint density at radius 3 is 2.50 bits per heavy atom. The molecule has 10 heteroatoms. The molecule has 0 spiro atoms. The minimum absolute atomic E-state index is 0.0240. The first kappa shape index (κ1) is 17.8. The molecule has 0 fully saturated rings. The topological polar surface area (TPSA) is 101 Å². The summed E-state index contributed by atoms with van der Waals surface area (Å²) in [6.07, 6.45) is 3.53. The Labute approximate surface area is 138 Å². The lowest BCUT2D eigenvalue weighted by molar-refractivity contribution is -0.116. The summed E-state index contributed by atoms with van der Waals surface area (Å²) in [7, 11) is -2.16. The van der Waals surface area contributed by atoms with E-state index in [0.717, 1.165) is 10.6 Å². The number of benzene rings is 1. The molecule has 0 saturated heterocycles. The smallest absolute Gasteiger partial charge is 0.322 e. The second-order valence-electron chi connectivity index (χ2n) is 4.85. The third-order valence-corrected chi connectivity index (χ3v) is 4.14. The van der Waals surface area contributed by atoms with Crippen LogP contribution < -0.4 is 10.1 Å². The second-order valence-corrected chi connectivity index (χ2v) is 6.94. The zero-order valence-electron chi connectivity index (χ0n) is 12.9. The quantitative estimate of drug-likeness (QED) is 0.837. The Morgan fingerprint density at radius 2 is 1.92 bits per heavy atom. The number of nitrogens with zero attached hydrogens (tertiary/aromatic N) is 3. The standard InChI is InChI=1S/C14H15FN4O4S/c1-19(24(2,21)22)9-13(20)18-10-7-16-14(17-8-10)23-12-6-4-3-5-11(12)15/h3-8H,9H2,1-2H3,(H,18,20). The van der Waals surface area contributed by atoms with Gasteiger partial charge in [-0.2, -0.15) is 4.31 Å². The van der Waals surface area contributed by atoms with E-state index in [1.165, 1.54) is 37.6 Å². The molecule has 0 atom stereocenters. The summed E-state index contributed by atoms with van der Waals surface area (Å²) in [5.74, 6) is -1.12. The van der Waals surface area contributed by atoms with Crippen LogP contribution in [0.4, 0.5) is 10.1 Å². The van der Waals surface area contributed by atoms with Crippen LogP contribution in [-0.2, 0) is 14.8 Å². The van der Waals surface area contributed by atoms with E-state index in [-0.39, 0.29) is 24.0 Å². The number of nitrogens with one attached hydrogen (secondary N) is 1. The monoisotopic (exact) mass is 354 g/mol. The maximum atomic E-state index is 13.5. The summed E-state index contributed by atoms with van der Waals surface area (Å²) < 4.78 is 42.0. The molecule has 1 heterocycles. The first-order chi connectivity index (χ1) is 11.3. The minimum atomic E-state index is -3.45. The highest BCUT2D eigenvalue weighted by Crippen LogP contribution is 2.21. The fourth-order valence-electron chi connectivity index (χ4n) is 1.58. The number of likely N-dealkylation sites (N-methyl/N-ethyl adjacent to an activating group) is 1. The molecule has 1 aromatic carbocycles. The number of anilines is 1. The number of rotatable bonds is 6. The van der Waals surface area contributed by atoms with Crippen LogP contribution >= 0.6 is 0 Å². The predicted molar refractivity (Wildman–Crippen MR) is 84.6 cm³/mol. The van der Waals surface area contributed by atoms with E-state index in [0.29, 0.717) is 0 Å². The molecule has 8 nitrogen and oxygen atoms in total. The molecule has 1 aromatic heterocycles. The van der Waals surface area contributed by atoms with Gasteiger partial charge in [0, 0.05) is 7.05 Å². The molecule has 24 heavy (non-hydrogen) atoms. The molecule has 0 saturated carbocycles. The Morgan fingerprint density at radius 1 is 1.29 bits per heavy atom. The first-order valence-electron chi connectivity index (χ1n) is 6.71. The Bertz CT molecular complexity index is 827. The van der Waals surface area contributed by atoms with Crippen LogP contribution in [0.5, 0.6) is 11.8 Å². The molecule has 0 unspecified atom stereocenters. The van der Waals surface area contributed by atoms with Crippen LogP contribution in [-0.4, -0.2) is 48.4 Å². The molecule has 1 amide bonds. The van der Waals surface area contributed by atoms with Gasteiger partial charge in [0.1, 0.15) is 0 Å². The van der Waals surface area contributed by atoms with Crippen molar-refractivity contribution in [2.45, 2.75) is 0 Å². The number of sulfonamides is 1. The summed E-state index contributed by atoms with van der Waals surface area (Å²) in [6.45, 7) is -0.341. The number of aromatic nitrogens is 2. The van der Waals surface area contributed by atoms with Crippen LogP contribution in [0.15, 0.2) is 36.7 Å². The van der Waals surface area contributed by atoms with Crippen LogP contribution in [0, 0.1) is 5.82 Å². The largest absolute Gasteiger partial charge is 0.421 e. The Hall–Kier alpha value is -2.59. The van der Waals surface area contributed by atoms with E-state index in [1.54, 1.807) is 6.07 Å². The van der Waals surface area contributed by atoms with Crippen LogP contribution in [0.2, 0.25) is 0 Å². The number of carbonyl (C=O) groups is 1. The molecule has 2 rings (SSSR count). The molecule has 0 bridgehead atoms. The van der Waals surface area contributed by atoms with Gasteiger partial charge in [0.05, 0.1) is 30.9 Å². The van der Waals surface area contributed by atoms with Crippen LogP contribution in [0.25, 0.3) is 0 Å². The number of ether oxygens (including phenoxy) is 1. The van der Waals surface area contributed by atoms with Crippen molar-refractivity contribution < 1.29 is 22.3 Å². The molecule has 0 aliphatic carbocycles. The lowest BCUT2D eigenvalue weighted by atomic mass is 10.3. The van der Waals surface area contributed by atoms with Gasteiger partial charge in [0.2, 0.25) is 15.9 Å². The Kier molecular flexibility index (Phi) is 5.42. The highest BCUT2D eigenvalue weighted by Gasteiger charge is 2.15. The van der Waals surface area contributed by atoms with E-state index in [4.69, 9.17) is 4.74 Å². The van der Waals surface area contributed by atoms with Gasteiger partial charge in [-0.1, -0.05) is 12.1 Å². The van der Waals surface area contributed by atoms with Crippen molar-refractivity contribution in [2.75, 3.05) is 25.2 Å². The van der Waals surface area contributed by atoms with Crippen molar-refractivity contribution in [3.8, 4) is 11.8 Å². The van der Waals surface area contributed by atoms with Gasteiger partial charge in [0.25, 0.3) is 0 Å². The van der Waals surface area contributed by atoms with Crippen molar-refractivity contribution in [1.82, 2.24) is 14.3 Å². The lowest BCUT2D eigenvalue weighted by Gasteiger charge is -2.13. The zero-order valence-corrected chi connectivity index (χ0v) is 13.7. The predicted octanol–water partition coefficient (Wildman–Crippen LogP) is 1.24. The van der Waals surface area contributed by atoms with Gasteiger partial charge in [-0.15, -0.1) is 0 Å². The summed E-state index contributed by atoms with van der Waals surface area (Å²) in [4.78, 5) is 19.4. The van der Waals surface area contributed by atoms with Gasteiger partial charge < -0.3 is 10.1 Å². The van der Waals surface area contributed by atoms with Crippen LogP contribution in [0.3, 0.4) is 0 Å². The number of halogens is 1. The number of amides is 1. The van der Waals surface area contributed by atoms with Gasteiger partial charge >= 0.3 is 6.01 Å². The van der Waals surface area contributed by atoms with Crippen molar-refractivity contribution in [3.63, 3.8) is 0 Å². The second kappa shape index (κ2) is 7.32. The average molecular weight is 354 g/mol. The molecule has 0 aliphatic rings. The normalized spacial score (nSPS) is 11.3. The third-order valence-electron chi connectivity index (χ3n) is 2.88. The third kappa shape index (κ3) is 4.96. The maximum Gasteiger partial charge on any atom is 0.322 e. The number of para-hydroxylation sites is 1. The van der Waals surface area contributed by atoms with E-state index in [2.05, 4.69) is 15.3 Å². The van der Waals surface area contributed by atoms with E-state index >= 15 is 0 Å². The summed E-state index contributed by atoms with van der Waals surface area (Å²) in [5.41, 5.74) is 0.253. The van der Waals surface area contributed by atoms with Crippen molar-refractivity contribution in [3.05, 3.63) is 42.5 Å². The zero-order chi connectivity index (χ0) is 17.7. The molecule has 0 aliphatic heterocycles. The van der Waals surface area contributed by atoms with Crippen molar-refractivity contribution in [1.29, 1.82) is 0 Å². The summed E-state index contributed by atoms with van der Waals surface area (Å²) >= 11 is 0.